The Morgan fingerprint density at radius 1 is 0.780 bits per heavy atom. The van der Waals surface area contributed by atoms with E-state index in [4.69, 9.17) is 28.7 Å². The van der Waals surface area contributed by atoms with Crippen molar-refractivity contribution >= 4 is 29.2 Å². The first-order valence-electron chi connectivity index (χ1n) is 20.7. The summed E-state index contributed by atoms with van der Waals surface area (Å²) in [5, 5.41) is 6.27. The van der Waals surface area contributed by atoms with E-state index < -0.39 is 5.60 Å². The molecule has 1 fully saturated rings. The first-order chi connectivity index (χ1) is 28.6. The van der Waals surface area contributed by atoms with Crippen LogP contribution in [-0.2, 0) is 30.2 Å². The molecule has 13 nitrogen and oxygen atoms in total. The van der Waals surface area contributed by atoms with Crippen molar-refractivity contribution in [2.75, 3.05) is 69.6 Å². The molecule has 2 heterocycles. The highest BCUT2D eigenvalue weighted by atomic mass is 16.6. The van der Waals surface area contributed by atoms with Gasteiger partial charge >= 0.3 is 5.97 Å². The Balaban J connectivity index is 1.01. The third-order valence-electron chi connectivity index (χ3n) is 9.98. The average molecular weight is 808 g/mol. The number of carbonyl (C=O) groups excluding carboxylic acids is 3. The van der Waals surface area contributed by atoms with E-state index in [1.807, 2.05) is 51.1 Å². The second-order valence-corrected chi connectivity index (χ2v) is 15.7. The lowest BCUT2D eigenvalue weighted by molar-refractivity contribution is -0.156. The predicted octanol–water partition coefficient (Wildman–Crippen LogP) is 7.35. The molecule has 1 atom stereocenters. The van der Waals surface area contributed by atoms with E-state index in [0.717, 1.165) is 56.4 Å². The minimum atomic E-state index is -0.505. The zero-order chi connectivity index (χ0) is 41.5. The van der Waals surface area contributed by atoms with Crippen LogP contribution in [0.2, 0.25) is 0 Å². The number of rotatable bonds is 19. The molecule has 2 aliphatic rings. The molecule has 13 heteroatoms. The molecule has 59 heavy (non-hydrogen) atoms. The van der Waals surface area contributed by atoms with Gasteiger partial charge in [0.05, 0.1) is 57.8 Å². The van der Waals surface area contributed by atoms with E-state index in [2.05, 4.69) is 32.7 Å². The Bertz CT molecular complexity index is 2010. The van der Waals surface area contributed by atoms with E-state index >= 15 is 0 Å². The van der Waals surface area contributed by atoms with Crippen molar-refractivity contribution in [3.8, 4) is 17.1 Å². The second kappa shape index (κ2) is 21.6. The van der Waals surface area contributed by atoms with Gasteiger partial charge in [0.25, 0.3) is 11.8 Å². The molecule has 4 aromatic rings. The molecule has 1 aliphatic heterocycles. The third-order valence-corrected chi connectivity index (χ3v) is 9.98. The number of benzene rings is 3. The van der Waals surface area contributed by atoms with Gasteiger partial charge in [-0.05, 0) is 113 Å². The Hall–Kier alpha value is -5.37. The Morgan fingerprint density at radius 3 is 2.31 bits per heavy atom. The number of nitrogens with zero attached hydrogens (tertiary/aromatic N) is 3. The lowest BCUT2D eigenvalue weighted by Crippen LogP contribution is -2.31. The van der Waals surface area contributed by atoms with Crippen LogP contribution in [0, 0.1) is 0 Å². The van der Waals surface area contributed by atoms with Crippen LogP contribution in [0.25, 0.3) is 11.4 Å². The molecule has 0 spiro atoms. The normalized spacial score (nSPS) is 15.2. The lowest BCUT2D eigenvalue weighted by atomic mass is 9.87. The highest BCUT2D eigenvalue weighted by molar-refractivity contribution is 6.06. The summed E-state index contributed by atoms with van der Waals surface area (Å²) in [6.07, 6.45) is 8.09. The number of aryl methyl sites for hydroxylation is 1. The van der Waals surface area contributed by atoms with Gasteiger partial charge in [0.2, 0.25) is 0 Å². The summed E-state index contributed by atoms with van der Waals surface area (Å²) < 4.78 is 27.7. The predicted molar refractivity (Wildman–Crippen MR) is 226 cm³/mol. The van der Waals surface area contributed by atoms with Crippen molar-refractivity contribution < 1.29 is 38.1 Å². The quantitative estimate of drug-likeness (QED) is 0.0723. The van der Waals surface area contributed by atoms with Gasteiger partial charge in [-0.2, -0.15) is 0 Å². The van der Waals surface area contributed by atoms with Crippen LogP contribution in [0.3, 0.4) is 0 Å². The fraction of sp³-hybridized carbons (Fsp3) is 0.457. The van der Waals surface area contributed by atoms with Gasteiger partial charge in [0.1, 0.15) is 23.7 Å². The summed E-state index contributed by atoms with van der Waals surface area (Å²) in [6, 6.07) is 22.7. The summed E-state index contributed by atoms with van der Waals surface area (Å²) in [6.45, 7) is 9.82. The van der Waals surface area contributed by atoms with E-state index in [9.17, 15) is 14.4 Å². The maximum absolute atomic E-state index is 13.7. The van der Waals surface area contributed by atoms with Crippen LogP contribution in [0.4, 0.5) is 11.4 Å². The Kier molecular flexibility index (Phi) is 15.8. The Labute approximate surface area is 347 Å². The van der Waals surface area contributed by atoms with Gasteiger partial charge in [-0.25, -0.2) is 9.97 Å². The molecule has 2 amide bonds. The number of amides is 2. The maximum atomic E-state index is 13.7. The highest BCUT2D eigenvalue weighted by Crippen LogP contribution is 2.33. The SMILES string of the molecule is CC(C)(C)OC(=O)CCOCCOCCOCCOc1cccc(C(=O)Nc2ccc(N3CCCCC3)cc2-c2nccc(C(=O)N[C@H]3CCCc4ccccc43)n2)c1. The molecule has 1 saturated heterocycles. The summed E-state index contributed by atoms with van der Waals surface area (Å²) in [5.74, 6) is 0.00467. The van der Waals surface area contributed by atoms with Crippen LogP contribution < -0.4 is 20.3 Å². The summed E-state index contributed by atoms with van der Waals surface area (Å²) >= 11 is 0. The van der Waals surface area contributed by atoms with Crippen LogP contribution in [0.1, 0.15) is 97.3 Å². The Morgan fingerprint density at radius 2 is 1.53 bits per heavy atom. The number of fused-ring (bicyclic) bond motifs is 1. The molecule has 314 valence electrons. The smallest absolute Gasteiger partial charge is 0.308 e. The number of hydrogen-bond donors (Lipinski definition) is 2. The zero-order valence-corrected chi connectivity index (χ0v) is 34.5. The zero-order valence-electron chi connectivity index (χ0n) is 34.5. The molecule has 1 aliphatic carbocycles. The third kappa shape index (κ3) is 13.3. The molecule has 3 aromatic carbocycles. The van der Waals surface area contributed by atoms with Gasteiger partial charge in [0.15, 0.2) is 5.82 Å². The first-order valence-corrected chi connectivity index (χ1v) is 20.7. The fourth-order valence-corrected chi connectivity index (χ4v) is 7.16. The molecule has 0 saturated carbocycles. The average Bonchev–Trinajstić information content (AvgIpc) is 3.24. The van der Waals surface area contributed by atoms with Gasteiger partial charge in [-0.1, -0.05) is 30.3 Å². The number of aromatic nitrogens is 2. The van der Waals surface area contributed by atoms with Gasteiger partial charge < -0.3 is 39.2 Å². The largest absolute Gasteiger partial charge is 0.491 e. The number of carbonyl (C=O) groups is 3. The van der Waals surface area contributed by atoms with Gasteiger partial charge in [0, 0.05) is 36.1 Å². The van der Waals surface area contributed by atoms with E-state index in [-0.39, 0.29) is 49.2 Å². The van der Waals surface area contributed by atoms with Crippen molar-refractivity contribution in [1.29, 1.82) is 0 Å². The van der Waals surface area contributed by atoms with E-state index in [1.54, 1.807) is 36.5 Å². The molecule has 0 bridgehead atoms. The van der Waals surface area contributed by atoms with Crippen LogP contribution >= 0.6 is 0 Å². The molecule has 1 aromatic heterocycles. The maximum Gasteiger partial charge on any atom is 0.308 e. The van der Waals surface area contributed by atoms with Crippen molar-refractivity contribution in [2.45, 2.75) is 77.4 Å². The van der Waals surface area contributed by atoms with Gasteiger partial charge in [-0.3, -0.25) is 14.4 Å². The lowest BCUT2D eigenvalue weighted by Gasteiger charge is -2.29. The van der Waals surface area contributed by atoms with Crippen LogP contribution in [-0.4, -0.2) is 92.7 Å². The topological polar surface area (TPSA) is 150 Å². The van der Waals surface area contributed by atoms with Crippen LogP contribution in [0.15, 0.2) is 79.0 Å². The van der Waals surface area contributed by atoms with Crippen molar-refractivity contribution in [2.24, 2.45) is 0 Å². The molecular formula is C46H57N5O8. The monoisotopic (exact) mass is 807 g/mol. The number of ether oxygens (including phenoxy) is 5. The minimum Gasteiger partial charge on any atom is -0.491 e. The van der Waals surface area contributed by atoms with E-state index in [1.165, 1.54) is 12.0 Å². The molecule has 0 unspecified atom stereocenters. The number of nitrogens with one attached hydrogen (secondary N) is 2. The minimum absolute atomic E-state index is 0.0858. The molecule has 2 N–H and O–H groups in total. The molecule has 6 rings (SSSR count). The first kappa shape index (κ1) is 43.2. The van der Waals surface area contributed by atoms with E-state index in [0.29, 0.717) is 61.4 Å². The molecular weight excluding hydrogens is 751 g/mol. The molecule has 0 radical (unpaired) electrons. The number of esters is 1. The summed E-state index contributed by atoms with van der Waals surface area (Å²) in [4.78, 5) is 50.7. The number of hydrogen-bond acceptors (Lipinski definition) is 11. The number of piperidine rings is 1. The summed E-state index contributed by atoms with van der Waals surface area (Å²) in [7, 11) is 0. The second-order valence-electron chi connectivity index (χ2n) is 15.7. The highest BCUT2D eigenvalue weighted by Gasteiger charge is 2.24. The number of anilines is 2. The van der Waals surface area contributed by atoms with Crippen molar-refractivity contribution in [1.82, 2.24) is 15.3 Å². The summed E-state index contributed by atoms with van der Waals surface area (Å²) in [5.41, 5.74) is 4.76. The van der Waals surface area contributed by atoms with Crippen molar-refractivity contribution in [3.63, 3.8) is 0 Å². The van der Waals surface area contributed by atoms with Gasteiger partial charge in [-0.15, -0.1) is 0 Å². The standard InChI is InChI=1S/C46H57N5O8/c1-46(2,3)59-42(52)20-24-55-25-26-56-27-28-57-29-30-58-36-14-9-13-34(31-36)44(53)49-40-18-17-35(51-22-7-4-8-23-51)32-38(40)43-47-21-19-41(48-43)45(54)50-39-16-10-12-33-11-5-6-15-37(33)39/h5-6,9,11,13-15,17-19,21,31-32,39H,4,7-8,10,12,16,20,22-30H2,1-3H3,(H,49,53)(H,50,54)/t39-/m0/s1. The fourth-order valence-electron chi connectivity index (χ4n) is 7.16. The van der Waals surface area contributed by atoms with Crippen molar-refractivity contribution in [3.05, 3.63) is 101 Å². The van der Waals surface area contributed by atoms with Crippen LogP contribution in [0.5, 0.6) is 5.75 Å².